The van der Waals surface area contributed by atoms with Crippen molar-refractivity contribution >= 4 is 0 Å². The van der Waals surface area contributed by atoms with E-state index in [4.69, 9.17) is 0 Å². The molecule has 0 heterocycles. The largest absolute Gasteiger partial charge is 0.100 e. The number of rotatable bonds is 4. The molecule has 0 nitrogen and oxygen atoms in total. The second-order valence-corrected chi connectivity index (χ2v) is 6.44. The number of hydrogen-bond acceptors (Lipinski definition) is 0. The number of fused-ring (bicyclic) bond motifs is 3. The molecule has 0 aromatic heterocycles. The average molecular weight is 274 g/mol. The molecule has 106 valence electrons. The molecule has 0 saturated heterocycles. The highest BCUT2D eigenvalue weighted by atomic mass is 14.4. The van der Waals surface area contributed by atoms with Gasteiger partial charge in [0.2, 0.25) is 0 Å². The monoisotopic (exact) mass is 274 g/mol. The molecule has 2 aromatic carbocycles. The molecule has 0 saturated carbocycles. The number of allylic oxidation sites excluding steroid dienone is 2. The molecule has 1 aliphatic carbocycles. The first-order valence-electron chi connectivity index (χ1n) is 7.53. The Balaban J connectivity index is 2.31. The Morgan fingerprint density at radius 2 is 1.14 bits per heavy atom. The van der Waals surface area contributed by atoms with E-state index in [1.54, 1.807) is 0 Å². The van der Waals surface area contributed by atoms with E-state index in [0.717, 1.165) is 12.8 Å². The van der Waals surface area contributed by atoms with E-state index in [1.165, 1.54) is 33.4 Å². The van der Waals surface area contributed by atoms with E-state index in [1.807, 2.05) is 0 Å². The van der Waals surface area contributed by atoms with Gasteiger partial charge in [0.05, 0.1) is 0 Å². The molecule has 21 heavy (non-hydrogen) atoms. The molecular formula is C21H22. The highest BCUT2D eigenvalue weighted by molar-refractivity contribution is 5.81. The van der Waals surface area contributed by atoms with Crippen LogP contribution in [0.4, 0.5) is 0 Å². The third-order valence-electron chi connectivity index (χ3n) is 4.38. The van der Waals surface area contributed by atoms with Crippen molar-refractivity contribution in [3.8, 4) is 11.1 Å². The molecule has 0 unspecified atom stereocenters. The molecule has 3 rings (SSSR count). The second-order valence-electron chi connectivity index (χ2n) is 6.44. The van der Waals surface area contributed by atoms with Gasteiger partial charge in [-0.2, -0.15) is 0 Å². The van der Waals surface area contributed by atoms with Gasteiger partial charge in [0.1, 0.15) is 0 Å². The van der Waals surface area contributed by atoms with Crippen LogP contribution in [0.15, 0.2) is 72.8 Å². The lowest BCUT2D eigenvalue weighted by Gasteiger charge is -2.33. The van der Waals surface area contributed by atoms with Gasteiger partial charge in [0.25, 0.3) is 0 Å². The van der Waals surface area contributed by atoms with Crippen LogP contribution >= 0.6 is 0 Å². The van der Waals surface area contributed by atoms with Crippen molar-refractivity contribution in [2.24, 2.45) is 0 Å². The summed E-state index contributed by atoms with van der Waals surface area (Å²) in [6.07, 6.45) is 1.96. The minimum atomic E-state index is 0.00481. The summed E-state index contributed by atoms with van der Waals surface area (Å²) in [5.41, 5.74) is 8.05. The molecule has 0 spiro atoms. The summed E-state index contributed by atoms with van der Waals surface area (Å²) in [4.78, 5) is 0. The van der Waals surface area contributed by atoms with Crippen LogP contribution in [-0.4, -0.2) is 0 Å². The van der Waals surface area contributed by atoms with Gasteiger partial charge < -0.3 is 0 Å². The van der Waals surface area contributed by atoms with Crippen LogP contribution in [0.1, 0.15) is 37.8 Å². The maximum atomic E-state index is 4.19. The van der Waals surface area contributed by atoms with Crippen molar-refractivity contribution in [3.63, 3.8) is 0 Å². The second kappa shape index (κ2) is 5.04. The molecule has 0 heteroatoms. The fraction of sp³-hybridized carbons (Fsp3) is 0.238. The minimum Gasteiger partial charge on any atom is -0.100 e. The smallest absolute Gasteiger partial charge is 0.0288 e. The molecule has 0 N–H and O–H groups in total. The van der Waals surface area contributed by atoms with E-state index in [9.17, 15) is 0 Å². The number of hydrogen-bond donors (Lipinski definition) is 0. The highest BCUT2D eigenvalue weighted by Gasteiger charge is 2.42. The van der Waals surface area contributed by atoms with Gasteiger partial charge in [0.15, 0.2) is 0 Å². The summed E-state index contributed by atoms with van der Waals surface area (Å²) in [5.74, 6) is 0. The summed E-state index contributed by atoms with van der Waals surface area (Å²) < 4.78 is 0. The summed E-state index contributed by atoms with van der Waals surface area (Å²) in [5, 5.41) is 0. The predicted octanol–water partition coefficient (Wildman–Crippen LogP) is 5.89. The molecule has 0 amide bonds. The SMILES string of the molecule is C=C(C)CC1(CC(=C)C)c2ccccc2-c2ccccc21. The number of benzene rings is 2. The standard InChI is InChI=1S/C21H22/c1-15(2)13-21(14-16(3)4)19-11-7-5-9-17(19)18-10-6-8-12-20(18)21/h5-12H,1,3,13-14H2,2,4H3. The maximum absolute atomic E-state index is 4.19. The molecule has 2 aromatic rings. The first-order chi connectivity index (χ1) is 10.0. The lowest BCUT2D eigenvalue weighted by Crippen LogP contribution is -2.26. The average Bonchev–Trinajstić information content (AvgIpc) is 2.70. The molecule has 1 aliphatic rings. The van der Waals surface area contributed by atoms with Crippen molar-refractivity contribution in [2.45, 2.75) is 32.1 Å². The Bertz CT molecular complexity index is 655. The van der Waals surface area contributed by atoms with Gasteiger partial charge in [-0.25, -0.2) is 0 Å². The van der Waals surface area contributed by atoms with E-state index in [-0.39, 0.29) is 5.41 Å². The molecule has 0 bridgehead atoms. The third-order valence-corrected chi connectivity index (χ3v) is 4.38. The lowest BCUT2D eigenvalue weighted by atomic mass is 9.70. The van der Waals surface area contributed by atoms with Crippen LogP contribution in [0.2, 0.25) is 0 Å². The van der Waals surface area contributed by atoms with Crippen molar-refractivity contribution in [1.29, 1.82) is 0 Å². The van der Waals surface area contributed by atoms with Gasteiger partial charge in [-0.15, -0.1) is 13.2 Å². The fourth-order valence-electron chi connectivity index (χ4n) is 3.89. The zero-order chi connectivity index (χ0) is 15.0. The van der Waals surface area contributed by atoms with Crippen molar-refractivity contribution in [2.75, 3.05) is 0 Å². The summed E-state index contributed by atoms with van der Waals surface area (Å²) in [6, 6.07) is 17.6. The van der Waals surface area contributed by atoms with Crippen LogP contribution in [0.5, 0.6) is 0 Å². The summed E-state index contributed by atoms with van der Waals surface area (Å²) >= 11 is 0. The molecule has 0 fully saturated rings. The lowest BCUT2D eigenvalue weighted by molar-refractivity contribution is 0.516. The third kappa shape index (κ3) is 2.15. The first kappa shape index (κ1) is 13.9. The van der Waals surface area contributed by atoms with E-state index in [2.05, 4.69) is 75.5 Å². The predicted molar refractivity (Wildman–Crippen MR) is 91.5 cm³/mol. The van der Waals surface area contributed by atoms with Crippen LogP contribution in [0.3, 0.4) is 0 Å². The van der Waals surface area contributed by atoms with E-state index in [0.29, 0.717) is 0 Å². The van der Waals surface area contributed by atoms with Crippen LogP contribution in [0.25, 0.3) is 11.1 Å². The van der Waals surface area contributed by atoms with E-state index < -0.39 is 0 Å². The van der Waals surface area contributed by atoms with Crippen molar-refractivity contribution in [3.05, 3.63) is 84.0 Å². The Labute approximate surface area is 127 Å². The minimum absolute atomic E-state index is 0.00481. The highest BCUT2D eigenvalue weighted by Crippen LogP contribution is 2.54. The van der Waals surface area contributed by atoms with Crippen molar-refractivity contribution in [1.82, 2.24) is 0 Å². The van der Waals surface area contributed by atoms with Crippen LogP contribution in [0, 0.1) is 0 Å². The van der Waals surface area contributed by atoms with Gasteiger partial charge in [-0.1, -0.05) is 59.7 Å². The van der Waals surface area contributed by atoms with Gasteiger partial charge in [-0.05, 0) is 48.9 Å². The maximum Gasteiger partial charge on any atom is 0.0288 e. The topological polar surface area (TPSA) is 0 Å². The normalized spacial score (nSPS) is 14.4. The van der Waals surface area contributed by atoms with Crippen LogP contribution in [-0.2, 0) is 5.41 Å². The van der Waals surface area contributed by atoms with Crippen molar-refractivity contribution < 1.29 is 0 Å². The molecule has 0 radical (unpaired) electrons. The Hall–Kier alpha value is -2.08. The summed E-state index contributed by atoms with van der Waals surface area (Å²) in [6.45, 7) is 12.6. The Morgan fingerprint density at radius 1 is 0.762 bits per heavy atom. The zero-order valence-electron chi connectivity index (χ0n) is 12.9. The molecular weight excluding hydrogens is 252 g/mol. The molecule has 0 atom stereocenters. The summed E-state index contributed by atoms with van der Waals surface area (Å²) in [7, 11) is 0. The Morgan fingerprint density at radius 3 is 1.52 bits per heavy atom. The quantitative estimate of drug-likeness (QED) is 0.610. The van der Waals surface area contributed by atoms with E-state index >= 15 is 0 Å². The van der Waals surface area contributed by atoms with Crippen LogP contribution < -0.4 is 0 Å². The Kier molecular flexibility index (Phi) is 3.33. The van der Waals surface area contributed by atoms with Gasteiger partial charge >= 0.3 is 0 Å². The zero-order valence-corrected chi connectivity index (χ0v) is 12.9. The molecule has 0 aliphatic heterocycles. The first-order valence-corrected chi connectivity index (χ1v) is 7.53. The fourth-order valence-corrected chi connectivity index (χ4v) is 3.89. The van der Waals surface area contributed by atoms with Gasteiger partial charge in [0, 0.05) is 5.41 Å². The van der Waals surface area contributed by atoms with Gasteiger partial charge in [-0.3, -0.25) is 0 Å².